The quantitative estimate of drug-likeness (QED) is 0.351. The lowest BCUT2D eigenvalue weighted by Gasteiger charge is -2.34. The molecule has 3 atom stereocenters. The fourth-order valence-corrected chi connectivity index (χ4v) is 6.93. The van der Waals surface area contributed by atoms with Crippen LogP contribution in [-0.4, -0.2) is 42.3 Å². The molecule has 1 aromatic heterocycles. The van der Waals surface area contributed by atoms with E-state index in [1.807, 2.05) is 0 Å². The van der Waals surface area contributed by atoms with Crippen LogP contribution < -0.4 is 15.6 Å². The Morgan fingerprint density at radius 1 is 1.10 bits per heavy atom. The van der Waals surface area contributed by atoms with Gasteiger partial charge in [-0.05, 0) is 49.4 Å². The van der Waals surface area contributed by atoms with E-state index in [1.54, 1.807) is 44.3 Å². The third-order valence-corrected chi connectivity index (χ3v) is 9.99. The average molecular weight is 624 g/mol. The number of carbonyl (C=O) groups is 2. The molecule has 13 heteroatoms. The van der Waals surface area contributed by atoms with Crippen LogP contribution in [0.15, 0.2) is 52.2 Å². The fraction of sp³-hybridized carbons (Fsp3) is 0.393. The van der Waals surface area contributed by atoms with Gasteiger partial charge in [-0.25, -0.2) is 17.9 Å². The molecule has 2 aromatic carbocycles. The van der Waals surface area contributed by atoms with Gasteiger partial charge in [0.1, 0.15) is 10.6 Å². The maximum atomic E-state index is 13.4. The van der Waals surface area contributed by atoms with E-state index in [9.17, 15) is 22.8 Å². The van der Waals surface area contributed by atoms with E-state index in [-0.39, 0.29) is 27.3 Å². The number of esters is 1. The highest BCUT2D eigenvalue weighted by molar-refractivity contribution is 7.92. The molecule has 3 aromatic rings. The molecule has 0 bridgehead atoms. The molecule has 1 fully saturated rings. The third kappa shape index (κ3) is 6.47. The number of nitrogens with one attached hydrogen (secondary N) is 2. The second-order valence-electron chi connectivity index (χ2n) is 10.3. The number of aromatic nitrogens is 2. The first kappa shape index (κ1) is 30.7. The smallest absolute Gasteiger partial charge is 0.338 e. The van der Waals surface area contributed by atoms with Crippen molar-refractivity contribution in [2.45, 2.75) is 51.0 Å². The van der Waals surface area contributed by atoms with E-state index in [4.69, 9.17) is 27.9 Å². The Kier molecular flexibility index (Phi) is 9.20. The first-order chi connectivity index (χ1) is 19.3. The summed E-state index contributed by atoms with van der Waals surface area (Å²) >= 11 is 12.4. The number of nitrogens with zero attached hydrogens (tertiary/aromatic N) is 2. The van der Waals surface area contributed by atoms with Crippen molar-refractivity contribution in [2.24, 2.45) is 18.9 Å². The van der Waals surface area contributed by atoms with Gasteiger partial charge in [0.2, 0.25) is 0 Å². The minimum atomic E-state index is -4.50. The summed E-state index contributed by atoms with van der Waals surface area (Å²) in [6.45, 7) is 5.27. The van der Waals surface area contributed by atoms with Crippen molar-refractivity contribution in [1.82, 2.24) is 14.7 Å². The lowest BCUT2D eigenvalue weighted by atomic mass is 9.78. The Bertz CT molecular complexity index is 1640. The number of halogens is 2. The zero-order chi connectivity index (χ0) is 30.1. The van der Waals surface area contributed by atoms with E-state index >= 15 is 0 Å². The molecule has 1 saturated carbocycles. The van der Waals surface area contributed by atoms with Gasteiger partial charge < -0.3 is 10.1 Å². The van der Waals surface area contributed by atoms with Gasteiger partial charge in [0.15, 0.2) is 6.61 Å². The van der Waals surface area contributed by atoms with Crippen LogP contribution in [0, 0.1) is 18.8 Å². The number of para-hydroxylation sites is 1. The van der Waals surface area contributed by atoms with Crippen LogP contribution in [0.2, 0.25) is 10.0 Å². The maximum Gasteiger partial charge on any atom is 0.338 e. The number of anilines is 1. The monoisotopic (exact) mass is 622 g/mol. The lowest BCUT2D eigenvalue weighted by Crippen LogP contribution is -2.45. The van der Waals surface area contributed by atoms with Crippen molar-refractivity contribution in [3.05, 3.63) is 74.1 Å². The second kappa shape index (κ2) is 12.3. The van der Waals surface area contributed by atoms with Crippen LogP contribution in [-0.2, 0) is 26.6 Å². The Labute approximate surface area is 248 Å². The SMILES string of the molecule is Cc1c(NS(=O)(=O)c2cc(C(=O)OCC(=O)NC3CCCC(C)C3C)cc(Cl)c2Cl)c(=O)n(-c2ccccc2)n1C. The number of hydrogen-bond acceptors (Lipinski definition) is 6. The molecule has 3 unspecified atom stereocenters. The number of amides is 1. The molecule has 1 aliphatic rings. The molecular weight excluding hydrogens is 591 g/mol. The number of sulfonamides is 1. The highest BCUT2D eigenvalue weighted by Crippen LogP contribution is 2.33. The summed E-state index contributed by atoms with van der Waals surface area (Å²) in [7, 11) is -2.88. The summed E-state index contributed by atoms with van der Waals surface area (Å²) < 4.78 is 37.1. The van der Waals surface area contributed by atoms with Crippen molar-refractivity contribution < 1.29 is 22.7 Å². The number of carbonyl (C=O) groups excluding carboxylic acids is 2. The van der Waals surface area contributed by atoms with Gasteiger partial charge in [0.05, 0.1) is 27.0 Å². The van der Waals surface area contributed by atoms with Gasteiger partial charge in [0, 0.05) is 13.1 Å². The van der Waals surface area contributed by atoms with Crippen LogP contribution >= 0.6 is 23.2 Å². The van der Waals surface area contributed by atoms with Gasteiger partial charge in [-0.3, -0.25) is 19.0 Å². The zero-order valence-electron chi connectivity index (χ0n) is 23.1. The summed E-state index contributed by atoms with van der Waals surface area (Å²) in [5.74, 6) is -0.637. The van der Waals surface area contributed by atoms with Gasteiger partial charge in [0.25, 0.3) is 21.5 Å². The van der Waals surface area contributed by atoms with Gasteiger partial charge in [-0.15, -0.1) is 0 Å². The molecule has 0 aliphatic heterocycles. The predicted octanol–water partition coefficient (Wildman–Crippen LogP) is 4.69. The van der Waals surface area contributed by atoms with Crippen LogP contribution in [0.1, 0.15) is 49.2 Å². The Balaban J connectivity index is 1.54. The van der Waals surface area contributed by atoms with E-state index in [0.717, 1.165) is 31.4 Å². The summed E-state index contributed by atoms with van der Waals surface area (Å²) in [5.41, 5.74) is -0.146. The fourth-order valence-electron chi connectivity index (χ4n) is 5.00. The molecule has 220 valence electrons. The van der Waals surface area contributed by atoms with Crippen molar-refractivity contribution >= 4 is 50.8 Å². The summed E-state index contributed by atoms with van der Waals surface area (Å²) in [6, 6.07) is 10.9. The zero-order valence-corrected chi connectivity index (χ0v) is 25.4. The number of ether oxygens (including phenoxy) is 1. The number of rotatable bonds is 8. The van der Waals surface area contributed by atoms with E-state index in [2.05, 4.69) is 23.9 Å². The molecule has 4 rings (SSSR count). The largest absolute Gasteiger partial charge is 0.452 e. The standard InChI is InChI=1S/C28H32Cl2N4O6S/c1-16-9-8-12-22(17(16)2)31-24(35)15-40-28(37)19-13-21(29)25(30)23(14-19)41(38,39)32-26-18(3)33(4)34(27(26)36)20-10-6-5-7-11-20/h5-7,10-11,13-14,16-17,22,32H,8-9,12,15H2,1-4H3,(H,31,35). The number of benzene rings is 2. The molecule has 0 saturated heterocycles. The van der Waals surface area contributed by atoms with Crippen LogP contribution in [0.5, 0.6) is 0 Å². The maximum absolute atomic E-state index is 13.4. The van der Waals surface area contributed by atoms with Gasteiger partial charge in [-0.1, -0.05) is 68.1 Å². The minimum Gasteiger partial charge on any atom is -0.452 e. The summed E-state index contributed by atoms with van der Waals surface area (Å²) in [4.78, 5) is 38.0. The lowest BCUT2D eigenvalue weighted by molar-refractivity contribution is -0.125. The molecule has 10 nitrogen and oxygen atoms in total. The van der Waals surface area contributed by atoms with E-state index < -0.39 is 39.0 Å². The highest BCUT2D eigenvalue weighted by Gasteiger charge is 2.29. The van der Waals surface area contributed by atoms with Crippen LogP contribution in [0.25, 0.3) is 5.69 Å². The first-order valence-corrected chi connectivity index (χ1v) is 15.4. The molecule has 1 heterocycles. The first-order valence-electron chi connectivity index (χ1n) is 13.1. The third-order valence-electron chi connectivity index (χ3n) is 7.70. The second-order valence-corrected chi connectivity index (χ2v) is 12.8. The van der Waals surface area contributed by atoms with Gasteiger partial charge >= 0.3 is 5.97 Å². The van der Waals surface area contributed by atoms with Crippen molar-refractivity contribution in [2.75, 3.05) is 11.3 Å². The highest BCUT2D eigenvalue weighted by atomic mass is 35.5. The Hall–Kier alpha value is -3.28. The summed E-state index contributed by atoms with van der Waals surface area (Å²) in [6.07, 6.45) is 2.96. The van der Waals surface area contributed by atoms with Gasteiger partial charge in [-0.2, -0.15) is 0 Å². The molecule has 41 heavy (non-hydrogen) atoms. The van der Waals surface area contributed by atoms with Crippen LogP contribution in [0.3, 0.4) is 0 Å². The molecule has 0 spiro atoms. The van der Waals surface area contributed by atoms with Crippen molar-refractivity contribution in [3.8, 4) is 5.69 Å². The number of hydrogen-bond donors (Lipinski definition) is 2. The minimum absolute atomic E-state index is 0.00864. The molecule has 1 aliphatic carbocycles. The van der Waals surface area contributed by atoms with E-state index in [0.29, 0.717) is 23.2 Å². The normalized spacial score (nSPS) is 19.0. The Morgan fingerprint density at radius 3 is 2.46 bits per heavy atom. The molecule has 2 N–H and O–H groups in total. The van der Waals surface area contributed by atoms with Crippen molar-refractivity contribution in [1.29, 1.82) is 0 Å². The van der Waals surface area contributed by atoms with Crippen molar-refractivity contribution in [3.63, 3.8) is 0 Å². The molecule has 0 radical (unpaired) electrons. The summed E-state index contributed by atoms with van der Waals surface area (Å²) in [5, 5.41) is 2.35. The topological polar surface area (TPSA) is 128 Å². The Morgan fingerprint density at radius 2 is 1.78 bits per heavy atom. The van der Waals surface area contributed by atoms with Crippen LogP contribution in [0.4, 0.5) is 5.69 Å². The van der Waals surface area contributed by atoms with E-state index in [1.165, 1.54) is 9.36 Å². The predicted molar refractivity (Wildman–Crippen MR) is 157 cm³/mol. The molecule has 1 amide bonds. The average Bonchev–Trinajstić information content (AvgIpc) is 3.14. The molecular formula is C28H32Cl2N4O6S.